The second-order valence-corrected chi connectivity index (χ2v) is 4.54. The van der Waals surface area contributed by atoms with E-state index in [0.29, 0.717) is 19.5 Å². The van der Waals surface area contributed by atoms with E-state index in [-0.39, 0.29) is 12.5 Å². The molecule has 1 rings (SSSR count). The molecule has 0 spiro atoms. The van der Waals surface area contributed by atoms with E-state index < -0.39 is 5.97 Å². The third-order valence-electron chi connectivity index (χ3n) is 3.02. The van der Waals surface area contributed by atoms with E-state index in [1.807, 2.05) is 6.92 Å². The van der Waals surface area contributed by atoms with E-state index in [1.54, 1.807) is 4.90 Å². The van der Waals surface area contributed by atoms with Crippen molar-refractivity contribution in [1.29, 1.82) is 0 Å². The predicted octanol–water partition coefficient (Wildman–Crippen LogP) is 1.68. The number of carbonyl (C=O) groups excluding carboxylic acids is 1. The standard InChI is InChI=1S/C12H22N2O3/c1-2-14(9-7-10-5-6-10)12(17)13-8-3-4-11(15)16/h10H,2-9H2,1H3,(H,13,17)(H,15,16). The van der Waals surface area contributed by atoms with E-state index in [4.69, 9.17) is 5.11 Å². The first-order chi connectivity index (χ1) is 8.13. The first-order valence-electron chi connectivity index (χ1n) is 6.38. The molecule has 5 nitrogen and oxygen atoms in total. The van der Waals surface area contributed by atoms with E-state index >= 15 is 0 Å². The molecule has 0 aromatic heterocycles. The third kappa shape index (κ3) is 6.14. The molecule has 0 atom stereocenters. The Hall–Kier alpha value is -1.26. The lowest BCUT2D eigenvalue weighted by Crippen LogP contribution is -2.41. The molecule has 0 heterocycles. The summed E-state index contributed by atoms with van der Waals surface area (Å²) in [6.07, 6.45) is 4.29. The minimum Gasteiger partial charge on any atom is -0.481 e. The van der Waals surface area contributed by atoms with Gasteiger partial charge in [0.2, 0.25) is 0 Å². The van der Waals surface area contributed by atoms with Crippen molar-refractivity contribution in [2.24, 2.45) is 5.92 Å². The van der Waals surface area contributed by atoms with Crippen LogP contribution in [0.4, 0.5) is 4.79 Å². The van der Waals surface area contributed by atoms with Gasteiger partial charge in [-0.3, -0.25) is 4.79 Å². The van der Waals surface area contributed by atoms with Crippen LogP contribution in [0.25, 0.3) is 0 Å². The van der Waals surface area contributed by atoms with Crippen molar-refractivity contribution >= 4 is 12.0 Å². The molecular weight excluding hydrogens is 220 g/mol. The van der Waals surface area contributed by atoms with Crippen molar-refractivity contribution in [2.75, 3.05) is 19.6 Å². The first-order valence-corrected chi connectivity index (χ1v) is 6.38. The third-order valence-corrected chi connectivity index (χ3v) is 3.02. The fourth-order valence-electron chi connectivity index (χ4n) is 1.69. The number of hydrogen-bond acceptors (Lipinski definition) is 2. The van der Waals surface area contributed by atoms with Gasteiger partial charge in [-0.2, -0.15) is 0 Å². The highest BCUT2D eigenvalue weighted by Crippen LogP contribution is 2.32. The molecule has 1 fully saturated rings. The molecule has 0 aromatic rings. The fourth-order valence-corrected chi connectivity index (χ4v) is 1.69. The van der Waals surface area contributed by atoms with Crippen LogP contribution in [-0.2, 0) is 4.79 Å². The zero-order valence-electron chi connectivity index (χ0n) is 10.4. The summed E-state index contributed by atoms with van der Waals surface area (Å²) in [5.74, 6) is 0.00388. The van der Waals surface area contributed by atoms with Gasteiger partial charge in [0.1, 0.15) is 0 Å². The minimum absolute atomic E-state index is 0.0708. The van der Waals surface area contributed by atoms with Crippen LogP contribution in [-0.4, -0.2) is 41.6 Å². The lowest BCUT2D eigenvalue weighted by molar-refractivity contribution is -0.137. The normalized spacial score (nSPS) is 14.4. The van der Waals surface area contributed by atoms with Crippen molar-refractivity contribution in [2.45, 2.75) is 39.0 Å². The van der Waals surface area contributed by atoms with Gasteiger partial charge in [0.25, 0.3) is 0 Å². The number of nitrogens with zero attached hydrogens (tertiary/aromatic N) is 1. The molecule has 0 aliphatic heterocycles. The molecule has 1 saturated carbocycles. The molecule has 5 heteroatoms. The van der Waals surface area contributed by atoms with Crippen LogP contribution in [0.5, 0.6) is 0 Å². The van der Waals surface area contributed by atoms with Gasteiger partial charge in [-0.1, -0.05) is 12.8 Å². The van der Waals surface area contributed by atoms with Crippen LogP contribution in [0.15, 0.2) is 0 Å². The topological polar surface area (TPSA) is 69.6 Å². The molecular formula is C12H22N2O3. The van der Waals surface area contributed by atoms with Gasteiger partial charge in [-0.05, 0) is 25.7 Å². The molecule has 0 aromatic carbocycles. The Labute approximate surface area is 102 Å². The number of hydrogen-bond donors (Lipinski definition) is 2. The smallest absolute Gasteiger partial charge is 0.317 e. The van der Waals surface area contributed by atoms with Crippen molar-refractivity contribution in [3.63, 3.8) is 0 Å². The lowest BCUT2D eigenvalue weighted by atomic mass is 10.3. The monoisotopic (exact) mass is 242 g/mol. The van der Waals surface area contributed by atoms with Crippen molar-refractivity contribution in [3.8, 4) is 0 Å². The van der Waals surface area contributed by atoms with Gasteiger partial charge in [-0.15, -0.1) is 0 Å². The lowest BCUT2D eigenvalue weighted by Gasteiger charge is -2.21. The van der Waals surface area contributed by atoms with Crippen molar-refractivity contribution < 1.29 is 14.7 Å². The summed E-state index contributed by atoms with van der Waals surface area (Å²) >= 11 is 0. The first kappa shape index (κ1) is 13.8. The van der Waals surface area contributed by atoms with Gasteiger partial charge in [0, 0.05) is 26.1 Å². The van der Waals surface area contributed by atoms with Crippen LogP contribution in [0, 0.1) is 5.92 Å². The number of carbonyl (C=O) groups is 2. The molecule has 0 bridgehead atoms. The Morgan fingerprint density at radius 3 is 2.65 bits per heavy atom. The minimum atomic E-state index is -0.819. The van der Waals surface area contributed by atoms with E-state index in [0.717, 1.165) is 18.9 Å². The van der Waals surface area contributed by atoms with Crippen molar-refractivity contribution in [3.05, 3.63) is 0 Å². The number of carboxylic acids is 1. The molecule has 2 amide bonds. The van der Waals surface area contributed by atoms with Crippen LogP contribution >= 0.6 is 0 Å². The van der Waals surface area contributed by atoms with Crippen LogP contribution in [0.1, 0.15) is 39.0 Å². The number of carboxylic acid groups (broad SMARTS) is 1. The summed E-state index contributed by atoms with van der Waals surface area (Å²) in [6, 6.07) is -0.0708. The van der Waals surface area contributed by atoms with Gasteiger partial charge in [-0.25, -0.2) is 4.79 Å². The Balaban J connectivity index is 2.11. The Kier molecular flexibility index (Phi) is 5.80. The Bertz CT molecular complexity index is 264. The highest BCUT2D eigenvalue weighted by molar-refractivity contribution is 5.74. The molecule has 17 heavy (non-hydrogen) atoms. The number of nitrogens with one attached hydrogen (secondary N) is 1. The maximum Gasteiger partial charge on any atom is 0.317 e. The quantitative estimate of drug-likeness (QED) is 0.636. The average Bonchev–Trinajstić information content (AvgIpc) is 3.09. The summed E-state index contributed by atoms with van der Waals surface area (Å²) in [4.78, 5) is 23.8. The van der Waals surface area contributed by atoms with Crippen LogP contribution in [0.3, 0.4) is 0 Å². The largest absolute Gasteiger partial charge is 0.481 e. The van der Waals surface area contributed by atoms with Gasteiger partial charge in [0.15, 0.2) is 0 Å². The van der Waals surface area contributed by atoms with E-state index in [2.05, 4.69) is 5.32 Å². The zero-order valence-corrected chi connectivity index (χ0v) is 10.4. The van der Waals surface area contributed by atoms with Crippen LogP contribution < -0.4 is 5.32 Å². The summed E-state index contributed by atoms with van der Waals surface area (Å²) in [5.41, 5.74) is 0. The molecule has 0 saturated heterocycles. The van der Waals surface area contributed by atoms with E-state index in [1.165, 1.54) is 12.8 Å². The van der Waals surface area contributed by atoms with Gasteiger partial charge in [0.05, 0.1) is 0 Å². The SMILES string of the molecule is CCN(CCC1CC1)C(=O)NCCCC(=O)O. The van der Waals surface area contributed by atoms with Gasteiger partial charge < -0.3 is 15.3 Å². The highest BCUT2D eigenvalue weighted by Gasteiger charge is 2.22. The molecule has 1 aliphatic carbocycles. The predicted molar refractivity (Wildman–Crippen MR) is 64.9 cm³/mol. The highest BCUT2D eigenvalue weighted by atomic mass is 16.4. The Morgan fingerprint density at radius 1 is 1.41 bits per heavy atom. The number of aliphatic carboxylic acids is 1. The molecule has 0 radical (unpaired) electrons. The second-order valence-electron chi connectivity index (χ2n) is 4.54. The maximum atomic E-state index is 11.7. The molecule has 98 valence electrons. The van der Waals surface area contributed by atoms with E-state index in [9.17, 15) is 9.59 Å². The summed E-state index contributed by atoms with van der Waals surface area (Å²) in [7, 11) is 0. The summed E-state index contributed by atoms with van der Waals surface area (Å²) in [5, 5.41) is 11.2. The Morgan fingerprint density at radius 2 is 2.12 bits per heavy atom. The zero-order chi connectivity index (χ0) is 12.7. The molecule has 1 aliphatic rings. The van der Waals surface area contributed by atoms with Gasteiger partial charge >= 0.3 is 12.0 Å². The summed E-state index contributed by atoms with van der Waals surface area (Å²) in [6.45, 7) is 3.91. The molecule has 2 N–H and O–H groups in total. The average molecular weight is 242 g/mol. The van der Waals surface area contributed by atoms with Crippen molar-refractivity contribution in [1.82, 2.24) is 10.2 Å². The number of urea groups is 1. The number of amides is 2. The number of rotatable bonds is 8. The summed E-state index contributed by atoms with van der Waals surface area (Å²) < 4.78 is 0. The fraction of sp³-hybridized carbons (Fsp3) is 0.833. The van der Waals surface area contributed by atoms with Crippen LogP contribution in [0.2, 0.25) is 0 Å². The molecule has 0 unspecified atom stereocenters. The second kappa shape index (κ2) is 7.14. The maximum absolute atomic E-state index is 11.7.